The highest BCUT2D eigenvalue weighted by molar-refractivity contribution is 5.52. The van der Waals surface area contributed by atoms with Crippen molar-refractivity contribution < 1.29 is 0 Å². The maximum absolute atomic E-state index is 4.61. The molecule has 0 saturated carbocycles. The van der Waals surface area contributed by atoms with Crippen LogP contribution in [0, 0.1) is 19.8 Å². The number of anilines is 1. The predicted molar refractivity (Wildman–Crippen MR) is 77.1 cm³/mol. The molecule has 0 amide bonds. The minimum absolute atomic E-state index is 0.428. The van der Waals surface area contributed by atoms with Gasteiger partial charge in [-0.25, -0.2) is 0 Å². The Kier molecular flexibility index (Phi) is 4.10. The van der Waals surface area contributed by atoms with Crippen LogP contribution in [0.4, 0.5) is 5.69 Å². The Balaban J connectivity index is 2.02. The Morgan fingerprint density at radius 1 is 1.39 bits per heavy atom. The van der Waals surface area contributed by atoms with E-state index in [2.05, 4.69) is 54.9 Å². The van der Waals surface area contributed by atoms with E-state index < -0.39 is 0 Å². The van der Waals surface area contributed by atoms with Gasteiger partial charge in [-0.2, -0.15) is 5.10 Å². The summed E-state index contributed by atoms with van der Waals surface area (Å²) in [5, 5.41) is 8.22. The molecule has 0 fully saturated rings. The zero-order chi connectivity index (χ0) is 13.1. The number of hydrogen-bond donors (Lipinski definition) is 1. The second-order valence-electron chi connectivity index (χ2n) is 5.62. The number of rotatable bonds is 4. The fraction of sp³-hybridized carbons (Fsp3) is 0.667. The smallest absolute Gasteiger partial charge is 0.0828 e. The molecule has 3 heteroatoms. The summed E-state index contributed by atoms with van der Waals surface area (Å²) in [5.41, 5.74) is 3.61. The van der Waals surface area contributed by atoms with Gasteiger partial charge in [0, 0.05) is 12.6 Å². The summed E-state index contributed by atoms with van der Waals surface area (Å²) in [4.78, 5) is 0. The van der Waals surface area contributed by atoms with Gasteiger partial charge in [0.15, 0.2) is 0 Å². The van der Waals surface area contributed by atoms with E-state index >= 15 is 0 Å². The number of aromatic nitrogens is 2. The lowest BCUT2D eigenvalue weighted by atomic mass is 9.94. The first-order valence-electron chi connectivity index (χ1n) is 7.04. The highest BCUT2D eigenvalue weighted by atomic mass is 15.3. The molecule has 1 aromatic heterocycles. The van der Waals surface area contributed by atoms with E-state index in [1.165, 1.54) is 30.6 Å². The van der Waals surface area contributed by atoms with Crippen LogP contribution in [0.25, 0.3) is 0 Å². The van der Waals surface area contributed by atoms with Crippen LogP contribution in [-0.4, -0.2) is 16.3 Å². The zero-order valence-corrected chi connectivity index (χ0v) is 12.0. The molecule has 2 rings (SSSR count). The summed E-state index contributed by atoms with van der Waals surface area (Å²) in [5.74, 6) is 0.774. The van der Waals surface area contributed by atoms with E-state index in [-0.39, 0.29) is 0 Å². The van der Waals surface area contributed by atoms with Gasteiger partial charge < -0.3 is 5.32 Å². The Labute approximate surface area is 110 Å². The van der Waals surface area contributed by atoms with Crippen LogP contribution in [0.3, 0.4) is 0 Å². The number of allylic oxidation sites excluding steroid dienone is 2. The fourth-order valence-electron chi connectivity index (χ4n) is 2.71. The molecule has 1 atom stereocenters. The third kappa shape index (κ3) is 2.77. The zero-order valence-electron chi connectivity index (χ0n) is 12.0. The Hall–Kier alpha value is -1.25. The van der Waals surface area contributed by atoms with Crippen molar-refractivity contribution in [2.75, 3.05) is 11.9 Å². The third-order valence-corrected chi connectivity index (χ3v) is 3.76. The maximum Gasteiger partial charge on any atom is 0.0828 e. The van der Waals surface area contributed by atoms with Crippen LogP contribution in [0.5, 0.6) is 0 Å². The number of nitrogens with zero attached hydrogens (tertiary/aromatic N) is 2. The van der Waals surface area contributed by atoms with Gasteiger partial charge in [-0.15, -0.1) is 0 Å². The molecule has 0 saturated heterocycles. The molecular weight excluding hydrogens is 222 g/mol. The van der Waals surface area contributed by atoms with Crippen LogP contribution in [0.15, 0.2) is 12.2 Å². The molecule has 0 aliphatic heterocycles. The van der Waals surface area contributed by atoms with Crippen LogP contribution in [-0.2, 0) is 0 Å². The largest absolute Gasteiger partial charge is 0.382 e. The molecular formula is C15H25N3. The summed E-state index contributed by atoms with van der Waals surface area (Å²) in [6, 6.07) is 0.428. The summed E-state index contributed by atoms with van der Waals surface area (Å²) in [6.07, 6.45) is 8.36. The quantitative estimate of drug-likeness (QED) is 0.819. The topological polar surface area (TPSA) is 29.9 Å². The van der Waals surface area contributed by atoms with Crippen molar-refractivity contribution in [2.45, 2.75) is 53.0 Å². The van der Waals surface area contributed by atoms with Gasteiger partial charge in [-0.3, -0.25) is 4.68 Å². The summed E-state index contributed by atoms with van der Waals surface area (Å²) in [6.45, 7) is 9.66. The molecule has 1 aliphatic carbocycles. The molecule has 100 valence electrons. The predicted octanol–water partition coefficient (Wildman–Crippen LogP) is 3.85. The lowest BCUT2D eigenvalue weighted by Gasteiger charge is -2.19. The maximum atomic E-state index is 4.61. The molecule has 18 heavy (non-hydrogen) atoms. The van der Waals surface area contributed by atoms with E-state index in [4.69, 9.17) is 0 Å². The molecule has 0 bridgehead atoms. The molecule has 1 aliphatic rings. The van der Waals surface area contributed by atoms with Crippen LogP contribution < -0.4 is 5.32 Å². The van der Waals surface area contributed by atoms with E-state index in [0.717, 1.165) is 18.2 Å². The Morgan fingerprint density at radius 3 is 2.72 bits per heavy atom. The molecule has 0 aromatic carbocycles. The normalized spacial score (nSPS) is 19.5. The van der Waals surface area contributed by atoms with Gasteiger partial charge >= 0.3 is 0 Å². The van der Waals surface area contributed by atoms with Crippen molar-refractivity contribution in [2.24, 2.45) is 5.92 Å². The van der Waals surface area contributed by atoms with Gasteiger partial charge in [0.2, 0.25) is 0 Å². The average molecular weight is 247 g/mol. The van der Waals surface area contributed by atoms with Crippen LogP contribution in [0.2, 0.25) is 0 Å². The van der Waals surface area contributed by atoms with E-state index in [1.807, 2.05) is 0 Å². The van der Waals surface area contributed by atoms with Crippen molar-refractivity contribution in [3.05, 3.63) is 23.5 Å². The summed E-state index contributed by atoms with van der Waals surface area (Å²) < 4.78 is 2.11. The van der Waals surface area contributed by atoms with E-state index in [9.17, 15) is 0 Å². The van der Waals surface area contributed by atoms with Gasteiger partial charge in [-0.1, -0.05) is 12.2 Å². The second kappa shape index (κ2) is 5.59. The lowest BCUT2D eigenvalue weighted by Crippen LogP contribution is -2.16. The molecule has 1 aromatic rings. The van der Waals surface area contributed by atoms with Crippen molar-refractivity contribution >= 4 is 5.69 Å². The Morgan fingerprint density at radius 2 is 2.17 bits per heavy atom. The monoisotopic (exact) mass is 247 g/mol. The molecule has 1 heterocycles. The number of aryl methyl sites for hydroxylation is 1. The van der Waals surface area contributed by atoms with Crippen LogP contribution in [0.1, 0.15) is 50.5 Å². The summed E-state index contributed by atoms with van der Waals surface area (Å²) in [7, 11) is 0. The first kappa shape index (κ1) is 13.2. The molecule has 3 nitrogen and oxygen atoms in total. The van der Waals surface area contributed by atoms with Gasteiger partial charge in [-0.05, 0) is 52.9 Å². The fourth-order valence-corrected chi connectivity index (χ4v) is 2.71. The lowest BCUT2D eigenvalue weighted by molar-refractivity contribution is 0.503. The molecule has 1 unspecified atom stereocenters. The highest BCUT2D eigenvalue weighted by Crippen LogP contribution is 2.24. The summed E-state index contributed by atoms with van der Waals surface area (Å²) >= 11 is 0. The van der Waals surface area contributed by atoms with E-state index in [1.54, 1.807) is 0 Å². The molecule has 0 radical (unpaired) electrons. The van der Waals surface area contributed by atoms with Gasteiger partial charge in [0.1, 0.15) is 0 Å². The second-order valence-corrected chi connectivity index (χ2v) is 5.62. The van der Waals surface area contributed by atoms with Crippen molar-refractivity contribution in [3.8, 4) is 0 Å². The first-order chi connectivity index (χ1) is 8.59. The SMILES string of the molecule is Cc1nn(C(C)C)c(C)c1NCC1CC=CCC1. The van der Waals surface area contributed by atoms with Crippen molar-refractivity contribution in [1.82, 2.24) is 9.78 Å². The number of nitrogens with one attached hydrogen (secondary N) is 1. The van der Waals surface area contributed by atoms with Gasteiger partial charge in [0.25, 0.3) is 0 Å². The van der Waals surface area contributed by atoms with Crippen molar-refractivity contribution in [1.29, 1.82) is 0 Å². The number of hydrogen-bond acceptors (Lipinski definition) is 2. The van der Waals surface area contributed by atoms with Crippen molar-refractivity contribution in [3.63, 3.8) is 0 Å². The highest BCUT2D eigenvalue weighted by Gasteiger charge is 2.15. The molecule has 1 N–H and O–H groups in total. The minimum Gasteiger partial charge on any atom is -0.382 e. The third-order valence-electron chi connectivity index (χ3n) is 3.76. The minimum atomic E-state index is 0.428. The van der Waals surface area contributed by atoms with Crippen LogP contribution >= 0.6 is 0 Å². The first-order valence-corrected chi connectivity index (χ1v) is 7.04. The average Bonchev–Trinajstić information content (AvgIpc) is 2.64. The Bertz CT molecular complexity index is 429. The van der Waals surface area contributed by atoms with Gasteiger partial charge in [0.05, 0.1) is 17.1 Å². The van der Waals surface area contributed by atoms with E-state index in [0.29, 0.717) is 6.04 Å². The standard InChI is InChI=1S/C15H25N3/c1-11(2)18-13(4)15(12(3)17-18)16-10-14-8-6-5-7-9-14/h5-6,11,14,16H,7-10H2,1-4H3. The molecule has 0 spiro atoms.